The van der Waals surface area contributed by atoms with Gasteiger partial charge in [0.05, 0.1) is 9.40 Å². The molecule has 0 radical (unpaired) electrons. The number of nitrogens with one attached hydrogen (secondary N) is 1. The van der Waals surface area contributed by atoms with Crippen LogP contribution in [-0.4, -0.2) is 36.6 Å². The van der Waals surface area contributed by atoms with Crippen molar-refractivity contribution in [1.29, 1.82) is 0 Å². The quantitative estimate of drug-likeness (QED) is 0.672. The lowest BCUT2D eigenvalue weighted by Gasteiger charge is -2.33. The minimum absolute atomic E-state index is 0.0608. The molecule has 1 aliphatic heterocycles. The number of nitro groups is 1. The van der Waals surface area contributed by atoms with Gasteiger partial charge in [-0.2, -0.15) is 0 Å². The molecule has 0 aromatic carbocycles. The summed E-state index contributed by atoms with van der Waals surface area (Å²) in [5.74, 6) is 1.52. The summed E-state index contributed by atoms with van der Waals surface area (Å²) in [7, 11) is 1.98. The van der Waals surface area contributed by atoms with Gasteiger partial charge >= 0.3 is 0 Å². The molecule has 0 saturated carbocycles. The molecule has 0 atom stereocenters. The number of nitrogens with zero attached hydrogens (tertiary/aromatic N) is 3. The van der Waals surface area contributed by atoms with Crippen LogP contribution in [0.1, 0.15) is 18.4 Å². The second kappa shape index (κ2) is 6.49. The number of halogens is 1. The minimum atomic E-state index is -0.393. The molecular formula is C13H19BrN4O2. The van der Waals surface area contributed by atoms with Gasteiger partial charge in [0.25, 0.3) is 5.69 Å². The van der Waals surface area contributed by atoms with Gasteiger partial charge < -0.3 is 10.2 Å². The van der Waals surface area contributed by atoms with Crippen molar-refractivity contribution >= 4 is 27.4 Å². The molecule has 2 heterocycles. The van der Waals surface area contributed by atoms with Crippen molar-refractivity contribution in [3.63, 3.8) is 0 Å². The van der Waals surface area contributed by atoms with E-state index in [2.05, 4.69) is 31.1 Å². The summed E-state index contributed by atoms with van der Waals surface area (Å²) >= 11 is 3.46. The maximum Gasteiger partial charge on any atom is 0.291 e. The van der Waals surface area contributed by atoms with Crippen molar-refractivity contribution in [3.05, 3.63) is 26.3 Å². The van der Waals surface area contributed by atoms with Crippen LogP contribution in [0, 0.1) is 23.0 Å². The Bertz CT molecular complexity index is 501. The molecule has 1 fully saturated rings. The van der Waals surface area contributed by atoms with Crippen LogP contribution in [0.4, 0.5) is 11.5 Å². The molecule has 1 aromatic rings. The first kappa shape index (κ1) is 15.2. The third-order valence-corrected chi connectivity index (χ3v) is 4.77. The van der Waals surface area contributed by atoms with Gasteiger partial charge in [0, 0.05) is 18.7 Å². The average Bonchev–Trinajstić information content (AvgIpc) is 2.43. The highest BCUT2D eigenvalue weighted by molar-refractivity contribution is 9.10. The molecule has 110 valence electrons. The van der Waals surface area contributed by atoms with Gasteiger partial charge in [0.15, 0.2) is 0 Å². The van der Waals surface area contributed by atoms with Gasteiger partial charge in [-0.15, -0.1) is 0 Å². The van der Waals surface area contributed by atoms with E-state index in [9.17, 15) is 10.1 Å². The van der Waals surface area contributed by atoms with Gasteiger partial charge in [-0.1, -0.05) is 0 Å². The molecule has 1 aromatic heterocycles. The van der Waals surface area contributed by atoms with E-state index in [1.54, 1.807) is 6.92 Å². The second-order valence-electron chi connectivity index (χ2n) is 5.15. The largest absolute Gasteiger partial charge is 0.356 e. The van der Waals surface area contributed by atoms with Gasteiger partial charge in [-0.05, 0) is 55.2 Å². The highest BCUT2D eigenvalue weighted by Crippen LogP contribution is 2.34. The van der Waals surface area contributed by atoms with E-state index >= 15 is 0 Å². The van der Waals surface area contributed by atoms with Gasteiger partial charge in [0.2, 0.25) is 0 Å². The van der Waals surface area contributed by atoms with E-state index in [1.165, 1.54) is 6.20 Å². The van der Waals surface area contributed by atoms with E-state index < -0.39 is 4.92 Å². The van der Waals surface area contributed by atoms with Crippen LogP contribution < -0.4 is 10.2 Å². The smallest absolute Gasteiger partial charge is 0.291 e. The summed E-state index contributed by atoms with van der Waals surface area (Å²) in [5.41, 5.74) is 0.697. The second-order valence-corrected chi connectivity index (χ2v) is 5.94. The number of aromatic nitrogens is 1. The monoisotopic (exact) mass is 342 g/mol. The maximum atomic E-state index is 10.9. The third-order valence-electron chi connectivity index (χ3n) is 3.82. The molecule has 20 heavy (non-hydrogen) atoms. The first-order valence-corrected chi connectivity index (χ1v) is 7.53. The molecule has 1 saturated heterocycles. The molecule has 6 nitrogen and oxygen atoms in total. The Balaban J connectivity index is 2.15. The Morgan fingerprint density at radius 2 is 2.20 bits per heavy atom. The van der Waals surface area contributed by atoms with Crippen molar-refractivity contribution in [2.45, 2.75) is 19.8 Å². The third kappa shape index (κ3) is 3.09. The summed E-state index contributed by atoms with van der Waals surface area (Å²) in [4.78, 5) is 17.0. The highest BCUT2D eigenvalue weighted by Gasteiger charge is 2.24. The topological polar surface area (TPSA) is 71.3 Å². The summed E-state index contributed by atoms with van der Waals surface area (Å²) in [6, 6.07) is 0. The SMILES string of the molecule is CNCC1CCN(c2ncc([N+](=O)[O-])c(C)c2Br)CC1. The first-order chi connectivity index (χ1) is 9.54. The van der Waals surface area contributed by atoms with Crippen LogP contribution in [0.25, 0.3) is 0 Å². The van der Waals surface area contributed by atoms with Crippen LogP contribution in [0.5, 0.6) is 0 Å². The number of anilines is 1. The van der Waals surface area contributed by atoms with Crippen LogP contribution in [0.3, 0.4) is 0 Å². The van der Waals surface area contributed by atoms with E-state index in [-0.39, 0.29) is 5.69 Å². The van der Waals surface area contributed by atoms with E-state index in [0.29, 0.717) is 11.5 Å². The fourth-order valence-corrected chi connectivity index (χ4v) is 3.15. The van der Waals surface area contributed by atoms with E-state index in [1.807, 2.05) is 7.05 Å². The normalized spacial score (nSPS) is 16.4. The molecular weight excluding hydrogens is 324 g/mol. The molecule has 0 amide bonds. The molecule has 7 heteroatoms. The van der Waals surface area contributed by atoms with Crippen LogP contribution >= 0.6 is 15.9 Å². The molecule has 1 N–H and O–H groups in total. The maximum absolute atomic E-state index is 10.9. The number of pyridine rings is 1. The number of hydrogen-bond donors (Lipinski definition) is 1. The fourth-order valence-electron chi connectivity index (χ4n) is 2.60. The van der Waals surface area contributed by atoms with Crippen LogP contribution in [-0.2, 0) is 0 Å². The van der Waals surface area contributed by atoms with Crippen molar-refractivity contribution < 1.29 is 4.92 Å². The van der Waals surface area contributed by atoms with Gasteiger partial charge in [-0.25, -0.2) is 4.98 Å². The van der Waals surface area contributed by atoms with Gasteiger partial charge in [-0.3, -0.25) is 10.1 Å². The highest BCUT2D eigenvalue weighted by atomic mass is 79.9. The zero-order valence-electron chi connectivity index (χ0n) is 11.7. The Kier molecular flexibility index (Phi) is 4.93. The molecule has 0 spiro atoms. The minimum Gasteiger partial charge on any atom is -0.356 e. The van der Waals surface area contributed by atoms with Crippen LogP contribution in [0.15, 0.2) is 10.7 Å². The van der Waals surface area contributed by atoms with Gasteiger partial charge in [0.1, 0.15) is 12.0 Å². The Morgan fingerprint density at radius 1 is 1.55 bits per heavy atom. The number of hydrogen-bond acceptors (Lipinski definition) is 5. The summed E-state index contributed by atoms with van der Waals surface area (Å²) in [6.07, 6.45) is 3.59. The van der Waals surface area contributed by atoms with E-state index in [0.717, 1.165) is 42.8 Å². The number of rotatable bonds is 4. The zero-order chi connectivity index (χ0) is 14.7. The van der Waals surface area contributed by atoms with Crippen molar-refractivity contribution in [3.8, 4) is 0 Å². The summed E-state index contributed by atoms with van der Waals surface area (Å²) in [6.45, 7) is 4.67. The molecule has 0 bridgehead atoms. The Labute approximate surface area is 126 Å². The van der Waals surface area contributed by atoms with Crippen LogP contribution in [0.2, 0.25) is 0 Å². The fraction of sp³-hybridized carbons (Fsp3) is 0.615. The summed E-state index contributed by atoms with van der Waals surface area (Å²) in [5, 5.41) is 14.1. The standard InChI is InChI=1S/C13H19BrN4O2/c1-9-11(18(19)20)8-16-13(12(9)14)17-5-3-10(4-6-17)7-15-2/h8,10,15H,3-7H2,1-2H3. The lowest BCUT2D eigenvalue weighted by atomic mass is 9.97. The van der Waals surface area contributed by atoms with E-state index in [4.69, 9.17) is 0 Å². The lowest BCUT2D eigenvalue weighted by molar-refractivity contribution is -0.385. The molecule has 0 unspecified atom stereocenters. The predicted molar refractivity (Wildman–Crippen MR) is 82.2 cm³/mol. The zero-order valence-corrected chi connectivity index (χ0v) is 13.3. The molecule has 0 aliphatic carbocycles. The Hall–Kier alpha value is -1.21. The lowest BCUT2D eigenvalue weighted by Crippen LogP contribution is -2.37. The van der Waals surface area contributed by atoms with Crippen molar-refractivity contribution in [2.24, 2.45) is 5.92 Å². The molecule has 2 rings (SSSR count). The first-order valence-electron chi connectivity index (χ1n) is 6.73. The Morgan fingerprint density at radius 3 is 2.75 bits per heavy atom. The predicted octanol–water partition coefficient (Wildman–Crippen LogP) is 2.50. The average molecular weight is 343 g/mol. The number of piperidine rings is 1. The summed E-state index contributed by atoms with van der Waals surface area (Å²) < 4.78 is 0.735. The molecule has 1 aliphatic rings. The van der Waals surface area contributed by atoms with Crippen molar-refractivity contribution in [2.75, 3.05) is 31.6 Å². The van der Waals surface area contributed by atoms with Crippen molar-refractivity contribution in [1.82, 2.24) is 10.3 Å².